The van der Waals surface area contributed by atoms with E-state index in [-0.39, 0.29) is 0 Å². The largest absolute Gasteiger partial charge is 0.381 e. The molecule has 1 aromatic rings. The Labute approximate surface area is 88.3 Å². The maximum Gasteiger partial charge on any atom is 0.131 e. The minimum Gasteiger partial charge on any atom is -0.381 e. The fourth-order valence-electron chi connectivity index (χ4n) is 1.01. The lowest BCUT2D eigenvalue weighted by molar-refractivity contribution is 0.389. The van der Waals surface area contributed by atoms with Gasteiger partial charge < -0.3 is 5.32 Å². The molecule has 1 aromatic heterocycles. The molecule has 0 saturated heterocycles. The summed E-state index contributed by atoms with van der Waals surface area (Å²) < 4.78 is 0. The molecule has 14 heavy (non-hydrogen) atoms. The molecule has 0 spiro atoms. The number of nitrogens with zero attached hydrogens (tertiary/aromatic N) is 1. The molecule has 0 radical (unpaired) electrons. The van der Waals surface area contributed by atoms with E-state index in [2.05, 4.69) is 29.6 Å². The molecular weight excluding hydrogens is 202 g/mol. The van der Waals surface area contributed by atoms with Crippen LogP contribution in [-0.2, 0) is 0 Å². The van der Waals surface area contributed by atoms with E-state index in [1.54, 1.807) is 6.07 Å². The van der Waals surface area contributed by atoms with E-state index in [0.717, 1.165) is 12.1 Å². The number of nitrogens with one attached hydrogen (secondary N) is 2. The first kappa shape index (κ1) is 11.1. The second-order valence-electron chi connectivity index (χ2n) is 3.12. The number of rotatable bonds is 4. The van der Waals surface area contributed by atoms with E-state index in [1.807, 2.05) is 0 Å². The molecule has 1 rings (SSSR count). The van der Waals surface area contributed by atoms with Crippen molar-refractivity contribution >= 4 is 23.0 Å². The summed E-state index contributed by atoms with van der Waals surface area (Å²) in [6.07, 6.45) is 2.47. The van der Waals surface area contributed by atoms with Gasteiger partial charge in [0.1, 0.15) is 10.8 Å². The third-order valence-electron chi connectivity index (χ3n) is 2.01. The molecule has 0 amide bonds. The highest BCUT2D eigenvalue weighted by atomic mass is 35.5. The lowest BCUT2D eigenvalue weighted by atomic mass is 10.2. The lowest BCUT2D eigenvalue weighted by Crippen LogP contribution is -2.14. The summed E-state index contributed by atoms with van der Waals surface area (Å²) in [5.74, 6) is 0. The van der Waals surface area contributed by atoms with E-state index in [1.165, 1.54) is 6.20 Å². The molecule has 0 aliphatic rings. The molecule has 0 fully saturated rings. The van der Waals surface area contributed by atoms with Crippen LogP contribution >= 0.6 is 11.6 Å². The zero-order chi connectivity index (χ0) is 10.6. The fraction of sp³-hybridized carbons (Fsp3) is 0.444. The summed E-state index contributed by atoms with van der Waals surface area (Å²) in [4.78, 5) is 3.85. The van der Waals surface area contributed by atoms with Gasteiger partial charge in [0.2, 0.25) is 0 Å². The van der Waals surface area contributed by atoms with Gasteiger partial charge in [0.15, 0.2) is 0 Å². The molecule has 5 heteroatoms. The normalized spacial score (nSPS) is 12.3. The van der Waals surface area contributed by atoms with Crippen LogP contribution in [0.25, 0.3) is 0 Å². The van der Waals surface area contributed by atoms with E-state index in [0.29, 0.717) is 16.9 Å². The highest BCUT2D eigenvalue weighted by molar-refractivity contribution is 6.29. The summed E-state index contributed by atoms with van der Waals surface area (Å²) in [6, 6.07) is 1.99. The van der Waals surface area contributed by atoms with Gasteiger partial charge in [-0.3, -0.25) is 10.7 Å². The Kier molecular flexibility index (Phi) is 3.98. The summed E-state index contributed by atoms with van der Waals surface area (Å²) in [7, 11) is 0. The van der Waals surface area contributed by atoms with E-state index >= 15 is 0 Å². The standard InChI is InChI=1S/C9H14ClN3O/c1-3-6(2)12-7-4-9(10)11-5-8(7)13-14/h4-6,13-14H,3H2,1-2H3,(H,11,12). The highest BCUT2D eigenvalue weighted by Gasteiger charge is 2.05. The van der Waals surface area contributed by atoms with Crippen LogP contribution in [0.2, 0.25) is 5.15 Å². The van der Waals surface area contributed by atoms with Crippen LogP contribution in [0.1, 0.15) is 20.3 Å². The van der Waals surface area contributed by atoms with Crippen molar-refractivity contribution in [2.75, 3.05) is 10.8 Å². The Morgan fingerprint density at radius 3 is 2.86 bits per heavy atom. The predicted molar refractivity (Wildman–Crippen MR) is 58.0 cm³/mol. The van der Waals surface area contributed by atoms with Crippen LogP contribution in [0.5, 0.6) is 0 Å². The molecular formula is C9H14ClN3O. The zero-order valence-electron chi connectivity index (χ0n) is 8.21. The summed E-state index contributed by atoms with van der Waals surface area (Å²) in [5.41, 5.74) is 3.34. The van der Waals surface area contributed by atoms with Crippen molar-refractivity contribution in [3.05, 3.63) is 17.4 Å². The Hall–Kier alpha value is -1.00. The van der Waals surface area contributed by atoms with Gasteiger partial charge in [-0.15, -0.1) is 0 Å². The molecule has 4 nitrogen and oxygen atoms in total. The van der Waals surface area contributed by atoms with E-state index in [4.69, 9.17) is 16.8 Å². The second kappa shape index (κ2) is 5.02. The predicted octanol–water partition coefficient (Wildman–Crippen LogP) is 2.75. The van der Waals surface area contributed by atoms with Crippen molar-refractivity contribution in [3.8, 4) is 0 Å². The molecule has 0 saturated carbocycles. The number of halogens is 1. The van der Waals surface area contributed by atoms with E-state index in [9.17, 15) is 0 Å². The first-order chi connectivity index (χ1) is 6.67. The van der Waals surface area contributed by atoms with Gasteiger partial charge in [-0.2, -0.15) is 0 Å². The van der Waals surface area contributed by atoms with Crippen LogP contribution in [0, 0.1) is 0 Å². The Bertz CT molecular complexity index is 306. The number of hydrogen-bond acceptors (Lipinski definition) is 4. The van der Waals surface area contributed by atoms with Gasteiger partial charge in [0.25, 0.3) is 0 Å². The van der Waals surface area contributed by atoms with Gasteiger partial charge in [0.05, 0.1) is 11.9 Å². The molecule has 78 valence electrons. The number of aromatic nitrogens is 1. The molecule has 1 heterocycles. The van der Waals surface area contributed by atoms with Gasteiger partial charge in [-0.05, 0) is 13.3 Å². The number of anilines is 2. The Balaban J connectivity index is 2.87. The molecule has 0 aliphatic heterocycles. The van der Waals surface area contributed by atoms with Gasteiger partial charge in [-0.1, -0.05) is 18.5 Å². The third-order valence-corrected chi connectivity index (χ3v) is 2.21. The molecule has 0 bridgehead atoms. The Morgan fingerprint density at radius 2 is 2.29 bits per heavy atom. The maximum absolute atomic E-state index is 8.82. The van der Waals surface area contributed by atoms with Gasteiger partial charge >= 0.3 is 0 Å². The van der Waals surface area contributed by atoms with Crippen molar-refractivity contribution in [1.82, 2.24) is 4.98 Å². The minimum atomic E-state index is 0.320. The van der Waals surface area contributed by atoms with Crippen molar-refractivity contribution in [2.24, 2.45) is 0 Å². The molecule has 1 unspecified atom stereocenters. The first-order valence-corrected chi connectivity index (χ1v) is 4.87. The van der Waals surface area contributed by atoms with Crippen LogP contribution < -0.4 is 10.8 Å². The van der Waals surface area contributed by atoms with Crippen molar-refractivity contribution in [1.29, 1.82) is 0 Å². The summed E-state index contributed by atoms with van der Waals surface area (Å²) in [5, 5.41) is 12.4. The smallest absolute Gasteiger partial charge is 0.131 e. The number of hydrogen-bond donors (Lipinski definition) is 3. The minimum absolute atomic E-state index is 0.320. The monoisotopic (exact) mass is 215 g/mol. The SMILES string of the molecule is CCC(C)Nc1cc(Cl)ncc1NO. The van der Waals surface area contributed by atoms with Crippen LogP contribution in [-0.4, -0.2) is 16.2 Å². The van der Waals surface area contributed by atoms with Crippen molar-refractivity contribution < 1.29 is 5.21 Å². The van der Waals surface area contributed by atoms with Gasteiger partial charge in [-0.25, -0.2) is 4.98 Å². The van der Waals surface area contributed by atoms with Crippen LogP contribution in [0.4, 0.5) is 11.4 Å². The molecule has 1 atom stereocenters. The van der Waals surface area contributed by atoms with Crippen LogP contribution in [0.15, 0.2) is 12.3 Å². The summed E-state index contributed by atoms with van der Waals surface area (Å²) in [6.45, 7) is 4.13. The maximum atomic E-state index is 8.82. The van der Waals surface area contributed by atoms with Crippen molar-refractivity contribution in [2.45, 2.75) is 26.3 Å². The molecule has 0 aromatic carbocycles. The van der Waals surface area contributed by atoms with Crippen molar-refractivity contribution in [3.63, 3.8) is 0 Å². The van der Waals surface area contributed by atoms with Crippen LogP contribution in [0.3, 0.4) is 0 Å². The second-order valence-corrected chi connectivity index (χ2v) is 3.51. The fourth-order valence-corrected chi connectivity index (χ4v) is 1.16. The number of pyridine rings is 1. The molecule has 0 aliphatic carbocycles. The quantitative estimate of drug-likeness (QED) is 0.534. The average molecular weight is 216 g/mol. The zero-order valence-corrected chi connectivity index (χ0v) is 8.97. The van der Waals surface area contributed by atoms with Gasteiger partial charge in [0, 0.05) is 12.1 Å². The Morgan fingerprint density at radius 1 is 1.57 bits per heavy atom. The highest BCUT2D eigenvalue weighted by Crippen LogP contribution is 2.23. The third kappa shape index (κ3) is 2.75. The summed E-state index contributed by atoms with van der Waals surface area (Å²) >= 11 is 5.74. The topological polar surface area (TPSA) is 57.2 Å². The lowest BCUT2D eigenvalue weighted by Gasteiger charge is -2.15. The molecule has 3 N–H and O–H groups in total. The van der Waals surface area contributed by atoms with E-state index < -0.39 is 0 Å². The first-order valence-electron chi connectivity index (χ1n) is 4.49. The average Bonchev–Trinajstić information content (AvgIpc) is 2.18.